The van der Waals surface area contributed by atoms with Gasteiger partial charge in [-0.1, -0.05) is 11.8 Å². The molecule has 1 aliphatic heterocycles. The molecule has 1 rings (SSSR count). The topological polar surface area (TPSA) is 84.5 Å². The quantitative estimate of drug-likeness (QED) is 0.566. The molecule has 1 aliphatic rings. The van der Waals surface area contributed by atoms with Crippen molar-refractivity contribution in [3.05, 3.63) is 0 Å². The molecular formula is C11H18N2O4S. The molecule has 0 aromatic rings. The van der Waals surface area contributed by atoms with E-state index < -0.39 is 11.9 Å². The van der Waals surface area contributed by atoms with Gasteiger partial charge in [0.25, 0.3) is 5.24 Å². The predicted octanol–water partition coefficient (Wildman–Crippen LogP) is 0.661. The molecule has 1 amide bonds. The normalized spacial score (nSPS) is 18.4. The van der Waals surface area contributed by atoms with Gasteiger partial charge >= 0.3 is 11.9 Å². The van der Waals surface area contributed by atoms with E-state index in [4.69, 9.17) is 4.74 Å². The summed E-state index contributed by atoms with van der Waals surface area (Å²) in [6.45, 7) is 3.16. The highest BCUT2D eigenvalue weighted by molar-refractivity contribution is 8.13. The number of esters is 2. The number of nitrogens with one attached hydrogen (secondary N) is 2. The van der Waals surface area contributed by atoms with E-state index in [2.05, 4.69) is 10.6 Å². The summed E-state index contributed by atoms with van der Waals surface area (Å²) < 4.78 is 4.69. The SMILES string of the molecule is CCNC(=O)SCCC(=O)OC(=O)[C@@H]1CCCN1. The standard InChI is InChI=1S/C11H18N2O4S/c1-2-12-11(16)18-7-5-9(14)17-10(15)8-4-3-6-13-8/h8,13H,2-7H2,1H3,(H,12,16)/t8-/m0/s1. The highest BCUT2D eigenvalue weighted by Gasteiger charge is 2.25. The van der Waals surface area contributed by atoms with E-state index in [0.717, 1.165) is 24.7 Å². The zero-order chi connectivity index (χ0) is 13.4. The fourth-order valence-electron chi connectivity index (χ4n) is 1.54. The average Bonchev–Trinajstić information content (AvgIpc) is 2.82. The van der Waals surface area contributed by atoms with Crippen molar-refractivity contribution in [1.82, 2.24) is 10.6 Å². The van der Waals surface area contributed by atoms with Crippen LogP contribution in [0.25, 0.3) is 0 Å². The van der Waals surface area contributed by atoms with Gasteiger partial charge in [0.05, 0.1) is 6.42 Å². The summed E-state index contributed by atoms with van der Waals surface area (Å²) in [5.41, 5.74) is 0. The Morgan fingerprint density at radius 3 is 2.83 bits per heavy atom. The van der Waals surface area contributed by atoms with Crippen molar-refractivity contribution in [3.8, 4) is 0 Å². The van der Waals surface area contributed by atoms with Gasteiger partial charge in [-0.3, -0.25) is 9.59 Å². The number of hydrogen-bond donors (Lipinski definition) is 2. The highest BCUT2D eigenvalue weighted by Crippen LogP contribution is 2.08. The first kappa shape index (κ1) is 15.0. The minimum absolute atomic E-state index is 0.0558. The molecule has 1 heterocycles. The van der Waals surface area contributed by atoms with Crippen molar-refractivity contribution in [2.45, 2.75) is 32.2 Å². The zero-order valence-electron chi connectivity index (χ0n) is 10.4. The van der Waals surface area contributed by atoms with Gasteiger partial charge in [0.2, 0.25) is 0 Å². The van der Waals surface area contributed by atoms with Gasteiger partial charge in [0.1, 0.15) is 6.04 Å². The van der Waals surface area contributed by atoms with Gasteiger partial charge in [-0.25, -0.2) is 4.79 Å². The van der Waals surface area contributed by atoms with Crippen molar-refractivity contribution in [2.75, 3.05) is 18.8 Å². The maximum absolute atomic E-state index is 11.5. The van der Waals surface area contributed by atoms with Crippen LogP contribution in [0.15, 0.2) is 0 Å². The van der Waals surface area contributed by atoms with E-state index in [-0.39, 0.29) is 17.7 Å². The number of thioether (sulfide) groups is 1. The Hall–Kier alpha value is -1.08. The molecule has 2 N–H and O–H groups in total. The fourth-order valence-corrected chi connectivity index (χ4v) is 2.24. The summed E-state index contributed by atoms with van der Waals surface area (Å²) in [7, 11) is 0. The lowest BCUT2D eigenvalue weighted by molar-refractivity contribution is -0.160. The maximum Gasteiger partial charge on any atom is 0.330 e. The van der Waals surface area contributed by atoms with Crippen LogP contribution in [0, 0.1) is 0 Å². The first-order valence-corrected chi connectivity index (χ1v) is 7.00. The first-order chi connectivity index (χ1) is 8.63. The molecule has 0 aliphatic carbocycles. The minimum Gasteiger partial charge on any atom is -0.392 e. The number of rotatable bonds is 5. The van der Waals surface area contributed by atoms with Crippen LogP contribution in [0.1, 0.15) is 26.2 Å². The van der Waals surface area contributed by atoms with Crippen LogP contribution < -0.4 is 10.6 Å². The first-order valence-electron chi connectivity index (χ1n) is 6.02. The molecular weight excluding hydrogens is 256 g/mol. The Morgan fingerprint density at radius 1 is 1.44 bits per heavy atom. The van der Waals surface area contributed by atoms with E-state index in [1.807, 2.05) is 6.92 Å². The molecule has 0 bridgehead atoms. The van der Waals surface area contributed by atoms with E-state index in [0.29, 0.717) is 18.7 Å². The third-order valence-electron chi connectivity index (χ3n) is 2.42. The largest absolute Gasteiger partial charge is 0.392 e. The average molecular weight is 274 g/mol. The molecule has 0 aromatic carbocycles. The summed E-state index contributed by atoms with van der Waals surface area (Å²) in [5, 5.41) is 5.38. The number of amides is 1. The second-order valence-electron chi connectivity index (χ2n) is 3.86. The van der Waals surface area contributed by atoms with Gasteiger partial charge in [-0.05, 0) is 26.3 Å². The highest BCUT2D eigenvalue weighted by atomic mass is 32.2. The molecule has 0 radical (unpaired) electrons. The van der Waals surface area contributed by atoms with E-state index in [9.17, 15) is 14.4 Å². The third kappa shape index (κ3) is 5.50. The molecule has 102 valence electrons. The second kappa shape index (κ2) is 8.10. The summed E-state index contributed by atoms with van der Waals surface area (Å²) in [6.07, 6.45) is 1.68. The van der Waals surface area contributed by atoms with E-state index in [1.165, 1.54) is 0 Å². The molecule has 0 spiro atoms. The van der Waals surface area contributed by atoms with Crippen LogP contribution in [0.3, 0.4) is 0 Å². The number of hydrogen-bond acceptors (Lipinski definition) is 6. The summed E-state index contributed by atoms with van der Waals surface area (Å²) in [5.74, 6) is -0.776. The predicted molar refractivity (Wildman–Crippen MR) is 68.3 cm³/mol. The summed E-state index contributed by atoms with van der Waals surface area (Å²) in [6, 6.07) is -0.356. The Bertz CT molecular complexity index is 316. The van der Waals surface area contributed by atoms with Crippen molar-refractivity contribution >= 4 is 28.9 Å². The molecule has 7 heteroatoms. The number of carbonyl (C=O) groups is 3. The second-order valence-corrected chi connectivity index (χ2v) is 4.93. The zero-order valence-corrected chi connectivity index (χ0v) is 11.2. The molecule has 0 unspecified atom stereocenters. The van der Waals surface area contributed by atoms with Crippen molar-refractivity contribution in [1.29, 1.82) is 0 Å². The molecule has 6 nitrogen and oxygen atoms in total. The summed E-state index contributed by atoms with van der Waals surface area (Å²) in [4.78, 5) is 33.9. The molecule has 0 saturated carbocycles. The van der Waals surface area contributed by atoms with Crippen LogP contribution >= 0.6 is 11.8 Å². The minimum atomic E-state index is -0.578. The lowest BCUT2D eigenvalue weighted by atomic mass is 10.2. The number of carbonyl (C=O) groups excluding carboxylic acids is 3. The third-order valence-corrected chi connectivity index (χ3v) is 3.23. The summed E-state index contributed by atoms with van der Waals surface area (Å²) >= 11 is 1.01. The van der Waals surface area contributed by atoms with Crippen LogP contribution in [0.4, 0.5) is 4.79 Å². The van der Waals surface area contributed by atoms with Crippen molar-refractivity contribution in [2.24, 2.45) is 0 Å². The Balaban J connectivity index is 2.13. The lowest BCUT2D eigenvalue weighted by Crippen LogP contribution is -2.33. The Kier molecular flexibility index (Phi) is 6.74. The van der Waals surface area contributed by atoms with Crippen LogP contribution in [-0.2, 0) is 14.3 Å². The lowest BCUT2D eigenvalue weighted by Gasteiger charge is -2.08. The van der Waals surface area contributed by atoms with Gasteiger partial charge < -0.3 is 15.4 Å². The van der Waals surface area contributed by atoms with Gasteiger partial charge in [0.15, 0.2) is 0 Å². The molecule has 0 aromatic heterocycles. The van der Waals surface area contributed by atoms with Crippen molar-refractivity contribution in [3.63, 3.8) is 0 Å². The smallest absolute Gasteiger partial charge is 0.330 e. The van der Waals surface area contributed by atoms with Gasteiger partial charge in [0, 0.05) is 12.3 Å². The van der Waals surface area contributed by atoms with Gasteiger partial charge in [-0.2, -0.15) is 0 Å². The van der Waals surface area contributed by atoms with Gasteiger partial charge in [-0.15, -0.1) is 0 Å². The molecule has 18 heavy (non-hydrogen) atoms. The monoisotopic (exact) mass is 274 g/mol. The fraction of sp³-hybridized carbons (Fsp3) is 0.727. The number of ether oxygens (including phenoxy) is 1. The molecule has 1 saturated heterocycles. The van der Waals surface area contributed by atoms with E-state index >= 15 is 0 Å². The van der Waals surface area contributed by atoms with Crippen molar-refractivity contribution < 1.29 is 19.1 Å². The maximum atomic E-state index is 11.5. The van der Waals surface area contributed by atoms with Crippen LogP contribution in [-0.4, -0.2) is 42.1 Å². The van der Waals surface area contributed by atoms with Crippen LogP contribution in [0.5, 0.6) is 0 Å². The Labute approximate surface area is 110 Å². The van der Waals surface area contributed by atoms with Crippen LogP contribution in [0.2, 0.25) is 0 Å². The van der Waals surface area contributed by atoms with E-state index in [1.54, 1.807) is 0 Å². The Morgan fingerprint density at radius 2 is 2.22 bits per heavy atom. The molecule has 1 atom stereocenters. The molecule has 1 fully saturated rings.